The average molecular weight is 440 g/mol. The van der Waals surface area contributed by atoms with Crippen LogP contribution in [-0.2, 0) is 34.4 Å². The number of hydrogen-bond donors (Lipinski definition) is 1. The third kappa shape index (κ3) is 4.49. The summed E-state index contributed by atoms with van der Waals surface area (Å²) >= 11 is 0. The van der Waals surface area contributed by atoms with Crippen LogP contribution in [0.4, 0.5) is 5.69 Å². The summed E-state index contributed by atoms with van der Waals surface area (Å²) in [7, 11) is -2.34. The smallest absolute Gasteiger partial charge is 0.344 e. The second kappa shape index (κ2) is 8.55. The molecular formula is C23H25N3O4S. The molecule has 2 aromatic carbocycles. The van der Waals surface area contributed by atoms with E-state index in [1.54, 1.807) is 31.4 Å². The molecule has 4 rings (SSSR count). The van der Waals surface area contributed by atoms with Gasteiger partial charge in [0.2, 0.25) is 0 Å². The van der Waals surface area contributed by atoms with Crippen LogP contribution in [-0.4, -0.2) is 31.5 Å². The Morgan fingerprint density at radius 3 is 2.61 bits per heavy atom. The molecule has 1 heterocycles. The summed E-state index contributed by atoms with van der Waals surface area (Å²) in [5, 5.41) is 2.97. The topological polar surface area (TPSA) is 88.1 Å². The Kier molecular flexibility index (Phi) is 5.82. The molecule has 162 valence electrons. The summed E-state index contributed by atoms with van der Waals surface area (Å²) in [5.41, 5.74) is 4.37. The van der Waals surface area contributed by atoms with Gasteiger partial charge >= 0.3 is 10.2 Å². The number of fused-ring (bicyclic) bond motifs is 1. The third-order valence-electron chi connectivity index (χ3n) is 5.60. The van der Waals surface area contributed by atoms with Gasteiger partial charge < -0.3 is 10.1 Å². The standard InChI is InChI=1S/C23H25N3O4S/c1-16-21(23(27)24-22-9-5-7-18-6-3-4-8-20(18)22)15-26(31(28,29)25-16)14-17-10-12-19(30-2)13-11-17/h5,7,9-13,15H,3-4,6,8,14H2,1-2H3,(H,24,27). The van der Waals surface area contributed by atoms with E-state index in [9.17, 15) is 13.2 Å². The van der Waals surface area contributed by atoms with Gasteiger partial charge in [0, 0.05) is 11.9 Å². The molecular weight excluding hydrogens is 414 g/mol. The number of nitrogens with zero attached hydrogens (tertiary/aromatic N) is 2. The monoisotopic (exact) mass is 439 g/mol. The van der Waals surface area contributed by atoms with E-state index in [0.717, 1.165) is 46.8 Å². The number of hydrogen-bond acceptors (Lipinski definition) is 4. The summed E-state index contributed by atoms with van der Waals surface area (Å²) in [6.07, 6.45) is 5.55. The highest BCUT2D eigenvalue weighted by molar-refractivity contribution is 7.88. The van der Waals surface area contributed by atoms with Gasteiger partial charge in [0.05, 0.1) is 24.9 Å². The Morgan fingerprint density at radius 1 is 1.13 bits per heavy atom. The van der Waals surface area contributed by atoms with Crippen molar-refractivity contribution < 1.29 is 17.9 Å². The van der Waals surface area contributed by atoms with Crippen LogP contribution in [0.25, 0.3) is 0 Å². The number of benzene rings is 2. The summed E-state index contributed by atoms with van der Waals surface area (Å²) in [4.78, 5) is 13.1. The first-order valence-corrected chi connectivity index (χ1v) is 11.6. The molecule has 1 N–H and O–H groups in total. The van der Waals surface area contributed by atoms with Gasteiger partial charge in [0.25, 0.3) is 5.91 Å². The maximum Gasteiger partial charge on any atom is 0.344 e. The number of nitrogens with one attached hydrogen (secondary N) is 1. The molecule has 0 unspecified atom stereocenters. The van der Waals surface area contributed by atoms with E-state index in [-0.39, 0.29) is 23.7 Å². The third-order valence-corrected chi connectivity index (χ3v) is 6.93. The molecule has 1 amide bonds. The Balaban J connectivity index is 1.59. The zero-order valence-electron chi connectivity index (χ0n) is 17.6. The van der Waals surface area contributed by atoms with Crippen LogP contribution in [0.5, 0.6) is 5.75 Å². The maximum atomic E-state index is 13.1. The van der Waals surface area contributed by atoms with Gasteiger partial charge in [0.1, 0.15) is 5.75 Å². The van der Waals surface area contributed by atoms with Crippen molar-refractivity contribution in [2.45, 2.75) is 39.2 Å². The first-order chi connectivity index (χ1) is 14.9. The second-order valence-corrected chi connectivity index (χ2v) is 9.24. The van der Waals surface area contributed by atoms with Gasteiger partial charge in [-0.3, -0.25) is 9.10 Å². The molecule has 2 aromatic rings. The number of methoxy groups -OCH3 is 1. The molecule has 1 aliphatic heterocycles. The second-order valence-electron chi connectivity index (χ2n) is 7.70. The van der Waals surface area contributed by atoms with Gasteiger partial charge in [-0.1, -0.05) is 24.3 Å². The Hall–Kier alpha value is -3.13. The lowest BCUT2D eigenvalue weighted by Crippen LogP contribution is -2.33. The minimum atomic E-state index is -3.91. The van der Waals surface area contributed by atoms with E-state index in [4.69, 9.17) is 4.74 Å². The molecule has 0 spiro atoms. The zero-order chi connectivity index (χ0) is 22.0. The number of ether oxygens (including phenoxy) is 1. The van der Waals surface area contributed by atoms with E-state index in [1.807, 2.05) is 12.1 Å². The van der Waals surface area contributed by atoms with Crippen LogP contribution in [0.15, 0.2) is 58.6 Å². The SMILES string of the molecule is COc1ccc(CN2C=C(C(=O)Nc3cccc4c3CCCC4)C(C)=NS2(=O)=O)cc1. The Labute approximate surface area is 182 Å². The van der Waals surface area contributed by atoms with E-state index < -0.39 is 10.2 Å². The van der Waals surface area contributed by atoms with Gasteiger partial charge in [-0.05, 0) is 67.5 Å². The Bertz CT molecular complexity index is 1170. The van der Waals surface area contributed by atoms with Gasteiger partial charge in [0.15, 0.2) is 0 Å². The number of carbonyl (C=O) groups is 1. The van der Waals surface area contributed by atoms with Crippen LogP contribution < -0.4 is 10.1 Å². The molecule has 31 heavy (non-hydrogen) atoms. The fourth-order valence-corrected chi connectivity index (χ4v) is 5.03. The largest absolute Gasteiger partial charge is 0.497 e. The molecule has 0 saturated carbocycles. The van der Waals surface area contributed by atoms with Crippen molar-refractivity contribution in [3.63, 3.8) is 0 Å². The highest BCUT2D eigenvalue weighted by Gasteiger charge is 2.28. The predicted octanol–water partition coefficient (Wildman–Crippen LogP) is 3.62. The fraction of sp³-hybridized carbons (Fsp3) is 0.304. The number of carbonyl (C=O) groups excluding carboxylic acids is 1. The molecule has 2 aliphatic rings. The van der Waals surface area contributed by atoms with Gasteiger partial charge in [-0.15, -0.1) is 4.40 Å². The molecule has 0 radical (unpaired) electrons. The van der Waals surface area contributed by atoms with Crippen LogP contribution in [0.2, 0.25) is 0 Å². The van der Waals surface area contributed by atoms with E-state index in [2.05, 4.69) is 15.8 Å². The van der Waals surface area contributed by atoms with Crippen LogP contribution in [0.1, 0.15) is 36.5 Å². The van der Waals surface area contributed by atoms with E-state index >= 15 is 0 Å². The lowest BCUT2D eigenvalue weighted by Gasteiger charge is -2.24. The van der Waals surface area contributed by atoms with Crippen LogP contribution >= 0.6 is 0 Å². The van der Waals surface area contributed by atoms with Gasteiger partial charge in [-0.25, -0.2) is 0 Å². The maximum absolute atomic E-state index is 13.1. The molecule has 0 fully saturated rings. The van der Waals surface area contributed by atoms with Crippen LogP contribution in [0, 0.1) is 0 Å². The summed E-state index contributed by atoms with van der Waals surface area (Å²) in [5.74, 6) is 0.316. The molecule has 7 nitrogen and oxygen atoms in total. The molecule has 1 aliphatic carbocycles. The molecule has 0 bridgehead atoms. The first kappa shape index (κ1) is 21.1. The fourth-order valence-electron chi connectivity index (χ4n) is 3.93. The lowest BCUT2D eigenvalue weighted by atomic mass is 9.90. The molecule has 0 aromatic heterocycles. The normalized spacial score (nSPS) is 17.3. The highest BCUT2D eigenvalue weighted by Crippen LogP contribution is 2.29. The van der Waals surface area contributed by atoms with Crippen molar-refractivity contribution in [3.8, 4) is 5.75 Å². The van der Waals surface area contributed by atoms with Crippen molar-refractivity contribution in [2.24, 2.45) is 4.40 Å². The summed E-state index contributed by atoms with van der Waals surface area (Å²) < 4.78 is 35.2. The first-order valence-electron chi connectivity index (χ1n) is 10.2. The molecule has 8 heteroatoms. The quantitative estimate of drug-likeness (QED) is 0.771. The van der Waals surface area contributed by atoms with Crippen LogP contribution in [0.3, 0.4) is 0 Å². The van der Waals surface area contributed by atoms with Crippen molar-refractivity contribution in [1.82, 2.24) is 4.31 Å². The number of anilines is 1. The van der Waals surface area contributed by atoms with E-state index in [1.165, 1.54) is 18.7 Å². The van der Waals surface area contributed by atoms with E-state index in [0.29, 0.717) is 5.75 Å². The number of amides is 1. The zero-order valence-corrected chi connectivity index (χ0v) is 18.4. The molecule has 0 saturated heterocycles. The highest BCUT2D eigenvalue weighted by atomic mass is 32.2. The summed E-state index contributed by atoms with van der Waals surface area (Å²) in [6.45, 7) is 1.61. The minimum absolute atomic E-state index is 0.0701. The minimum Gasteiger partial charge on any atom is -0.497 e. The average Bonchev–Trinajstić information content (AvgIpc) is 2.76. The van der Waals surface area contributed by atoms with Gasteiger partial charge in [-0.2, -0.15) is 8.42 Å². The number of rotatable bonds is 5. The molecule has 0 atom stereocenters. The lowest BCUT2D eigenvalue weighted by molar-refractivity contribution is -0.112. The van der Waals surface area contributed by atoms with Crippen molar-refractivity contribution in [1.29, 1.82) is 0 Å². The number of aryl methyl sites for hydroxylation is 1. The van der Waals surface area contributed by atoms with Crippen molar-refractivity contribution in [2.75, 3.05) is 12.4 Å². The summed E-state index contributed by atoms with van der Waals surface area (Å²) in [6, 6.07) is 13.0. The van der Waals surface area contributed by atoms with Crippen molar-refractivity contribution in [3.05, 3.63) is 70.9 Å². The Morgan fingerprint density at radius 2 is 1.87 bits per heavy atom. The predicted molar refractivity (Wildman–Crippen MR) is 120 cm³/mol. The van der Waals surface area contributed by atoms with Crippen molar-refractivity contribution >= 4 is 27.5 Å².